The molecule has 136 valence electrons. The standard InChI is InChI=1S/C19H24F3N3/c1-3-13(4-2)17-16-7-5-6-12-23-18(16)25(24-17)15-10-8-14(9-11-15)19(20,21)22/h8-11,13,23H,3-7,12H2,1-2H3. The van der Waals surface area contributed by atoms with E-state index in [0.717, 1.165) is 62.3 Å². The van der Waals surface area contributed by atoms with Crippen molar-refractivity contribution >= 4 is 5.82 Å². The number of alkyl halides is 3. The number of fused-ring (bicyclic) bond motifs is 1. The summed E-state index contributed by atoms with van der Waals surface area (Å²) in [5.41, 5.74) is 2.35. The van der Waals surface area contributed by atoms with Crippen LogP contribution in [0.25, 0.3) is 5.69 Å². The van der Waals surface area contributed by atoms with Gasteiger partial charge in [-0.15, -0.1) is 0 Å². The summed E-state index contributed by atoms with van der Waals surface area (Å²) < 4.78 is 40.2. The zero-order chi connectivity index (χ0) is 18.0. The van der Waals surface area contributed by atoms with Gasteiger partial charge in [-0.05, 0) is 56.4 Å². The van der Waals surface area contributed by atoms with E-state index in [9.17, 15) is 13.2 Å². The highest BCUT2D eigenvalue weighted by atomic mass is 19.4. The summed E-state index contributed by atoms with van der Waals surface area (Å²) in [6, 6.07) is 5.24. The Hall–Kier alpha value is -1.98. The number of aromatic nitrogens is 2. The van der Waals surface area contributed by atoms with E-state index >= 15 is 0 Å². The van der Waals surface area contributed by atoms with Crippen molar-refractivity contribution in [1.82, 2.24) is 9.78 Å². The van der Waals surface area contributed by atoms with Crippen molar-refractivity contribution in [2.24, 2.45) is 0 Å². The van der Waals surface area contributed by atoms with Gasteiger partial charge in [0, 0.05) is 18.0 Å². The summed E-state index contributed by atoms with van der Waals surface area (Å²) in [6.07, 6.45) is 0.850. The van der Waals surface area contributed by atoms with Crippen LogP contribution in [0.3, 0.4) is 0 Å². The number of nitrogens with one attached hydrogen (secondary N) is 1. The first-order valence-corrected chi connectivity index (χ1v) is 8.99. The summed E-state index contributed by atoms with van der Waals surface area (Å²) in [7, 11) is 0. The van der Waals surface area contributed by atoms with Crippen LogP contribution < -0.4 is 5.32 Å². The topological polar surface area (TPSA) is 29.9 Å². The lowest BCUT2D eigenvalue weighted by Crippen LogP contribution is -2.08. The van der Waals surface area contributed by atoms with Gasteiger partial charge in [-0.2, -0.15) is 18.3 Å². The van der Waals surface area contributed by atoms with Gasteiger partial charge in [-0.1, -0.05) is 13.8 Å². The molecule has 0 saturated heterocycles. The normalized spacial score (nSPS) is 15.0. The van der Waals surface area contributed by atoms with Crippen molar-refractivity contribution in [1.29, 1.82) is 0 Å². The summed E-state index contributed by atoms with van der Waals surface area (Å²) in [5, 5.41) is 8.25. The third kappa shape index (κ3) is 3.53. The minimum absolute atomic E-state index is 0.379. The maximum Gasteiger partial charge on any atom is 0.416 e. The zero-order valence-corrected chi connectivity index (χ0v) is 14.7. The number of nitrogens with zero attached hydrogens (tertiary/aromatic N) is 2. The second-order valence-electron chi connectivity index (χ2n) is 6.57. The van der Waals surface area contributed by atoms with E-state index in [1.165, 1.54) is 17.7 Å². The molecule has 0 spiro atoms. The number of benzene rings is 1. The molecule has 0 saturated carbocycles. The highest BCUT2D eigenvalue weighted by Gasteiger charge is 2.30. The predicted octanol–water partition coefficient (Wildman–Crippen LogP) is 5.54. The summed E-state index contributed by atoms with van der Waals surface area (Å²) in [6.45, 7) is 5.17. The van der Waals surface area contributed by atoms with Gasteiger partial charge in [0.2, 0.25) is 0 Å². The van der Waals surface area contributed by atoms with E-state index in [1.54, 1.807) is 4.68 Å². The van der Waals surface area contributed by atoms with Gasteiger partial charge < -0.3 is 5.32 Å². The quantitative estimate of drug-likeness (QED) is 0.783. The number of rotatable bonds is 4. The molecular formula is C19H24F3N3. The van der Waals surface area contributed by atoms with Gasteiger partial charge in [-0.3, -0.25) is 0 Å². The molecule has 0 bridgehead atoms. The lowest BCUT2D eigenvalue weighted by molar-refractivity contribution is -0.137. The van der Waals surface area contributed by atoms with Gasteiger partial charge in [-0.25, -0.2) is 4.68 Å². The van der Waals surface area contributed by atoms with E-state index in [2.05, 4.69) is 19.2 Å². The van der Waals surface area contributed by atoms with Gasteiger partial charge in [0.1, 0.15) is 5.82 Å². The van der Waals surface area contributed by atoms with Crippen LogP contribution in [-0.4, -0.2) is 16.3 Å². The fourth-order valence-electron chi connectivity index (χ4n) is 3.51. The SMILES string of the molecule is CCC(CC)c1nn(-c2ccc(C(F)(F)F)cc2)c2c1CCCCN2. The highest BCUT2D eigenvalue weighted by molar-refractivity contribution is 5.55. The molecule has 2 aromatic rings. The third-order valence-electron chi connectivity index (χ3n) is 4.97. The molecule has 1 aliphatic heterocycles. The molecule has 2 heterocycles. The second kappa shape index (κ2) is 7.10. The minimum atomic E-state index is -4.32. The molecule has 1 aliphatic rings. The van der Waals surface area contributed by atoms with E-state index in [0.29, 0.717) is 11.6 Å². The van der Waals surface area contributed by atoms with Crippen LogP contribution >= 0.6 is 0 Å². The van der Waals surface area contributed by atoms with Crippen LogP contribution in [0.15, 0.2) is 24.3 Å². The van der Waals surface area contributed by atoms with Crippen molar-refractivity contribution in [3.05, 3.63) is 41.1 Å². The summed E-state index contributed by atoms with van der Waals surface area (Å²) in [5.74, 6) is 1.32. The van der Waals surface area contributed by atoms with E-state index in [-0.39, 0.29) is 0 Å². The molecule has 0 aliphatic carbocycles. The molecule has 0 unspecified atom stereocenters. The molecule has 0 atom stereocenters. The Kier molecular flexibility index (Phi) is 5.06. The monoisotopic (exact) mass is 351 g/mol. The van der Waals surface area contributed by atoms with Crippen molar-refractivity contribution in [2.45, 2.75) is 58.0 Å². The molecule has 0 fully saturated rings. The number of hydrogen-bond acceptors (Lipinski definition) is 2. The van der Waals surface area contributed by atoms with Crippen molar-refractivity contribution in [3.63, 3.8) is 0 Å². The van der Waals surface area contributed by atoms with Crippen molar-refractivity contribution < 1.29 is 13.2 Å². The Morgan fingerprint density at radius 2 is 1.80 bits per heavy atom. The average Bonchev–Trinajstić information content (AvgIpc) is 2.78. The molecule has 0 amide bonds. The minimum Gasteiger partial charge on any atom is -0.370 e. The average molecular weight is 351 g/mol. The number of anilines is 1. The summed E-state index contributed by atoms with van der Waals surface area (Å²) >= 11 is 0. The largest absolute Gasteiger partial charge is 0.416 e. The molecular weight excluding hydrogens is 327 g/mol. The van der Waals surface area contributed by atoms with Crippen molar-refractivity contribution in [2.75, 3.05) is 11.9 Å². The predicted molar refractivity (Wildman–Crippen MR) is 93.3 cm³/mol. The highest BCUT2D eigenvalue weighted by Crippen LogP contribution is 2.35. The Morgan fingerprint density at radius 1 is 1.12 bits per heavy atom. The van der Waals surface area contributed by atoms with Crippen LogP contribution in [0.5, 0.6) is 0 Å². The van der Waals surface area contributed by atoms with Gasteiger partial charge in [0.05, 0.1) is 16.9 Å². The van der Waals surface area contributed by atoms with Crippen LogP contribution in [0.4, 0.5) is 19.0 Å². The Balaban J connectivity index is 2.06. The molecule has 3 rings (SSSR count). The first-order chi connectivity index (χ1) is 12.0. The molecule has 1 N–H and O–H groups in total. The first-order valence-electron chi connectivity index (χ1n) is 8.99. The van der Waals surface area contributed by atoms with Crippen LogP contribution in [0.1, 0.15) is 62.3 Å². The lowest BCUT2D eigenvalue weighted by Gasteiger charge is -2.11. The maximum absolute atomic E-state index is 12.8. The number of halogens is 3. The second-order valence-corrected chi connectivity index (χ2v) is 6.57. The first kappa shape index (κ1) is 17.8. The van der Waals surface area contributed by atoms with Gasteiger partial charge in [0.15, 0.2) is 0 Å². The fraction of sp³-hybridized carbons (Fsp3) is 0.526. The molecule has 0 radical (unpaired) electrons. The molecule has 6 heteroatoms. The third-order valence-corrected chi connectivity index (χ3v) is 4.97. The molecule has 25 heavy (non-hydrogen) atoms. The molecule has 1 aromatic heterocycles. The number of hydrogen-bond donors (Lipinski definition) is 1. The van der Waals surface area contributed by atoms with Gasteiger partial charge in [0.25, 0.3) is 0 Å². The Labute approximate surface area is 146 Å². The van der Waals surface area contributed by atoms with Crippen LogP contribution in [0.2, 0.25) is 0 Å². The lowest BCUT2D eigenvalue weighted by atomic mass is 9.94. The van der Waals surface area contributed by atoms with Gasteiger partial charge >= 0.3 is 6.18 Å². The summed E-state index contributed by atoms with van der Waals surface area (Å²) in [4.78, 5) is 0. The van der Waals surface area contributed by atoms with E-state index in [1.807, 2.05) is 0 Å². The van der Waals surface area contributed by atoms with E-state index < -0.39 is 11.7 Å². The Morgan fingerprint density at radius 3 is 2.40 bits per heavy atom. The fourth-order valence-corrected chi connectivity index (χ4v) is 3.51. The van der Waals surface area contributed by atoms with Crippen molar-refractivity contribution in [3.8, 4) is 5.69 Å². The zero-order valence-electron chi connectivity index (χ0n) is 14.7. The van der Waals surface area contributed by atoms with E-state index in [4.69, 9.17) is 5.10 Å². The molecule has 3 nitrogen and oxygen atoms in total. The maximum atomic E-state index is 12.8. The Bertz CT molecular complexity index is 713. The molecule has 1 aromatic carbocycles. The van der Waals surface area contributed by atoms with Crippen LogP contribution in [-0.2, 0) is 12.6 Å². The van der Waals surface area contributed by atoms with Crippen LogP contribution in [0, 0.1) is 0 Å². The smallest absolute Gasteiger partial charge is 0.370 e.